The summed E-state index contributed by atoms with van der Waals surface area (Å²) in [5.74, 6) is -1.54. The molecule has 1 N–H and O–H groups in total. The van der Waals surface area contributed by atoms with Crippen LogP contribution in [0.5, 0.6) is 0 Å². The van der Waals surface area contributed by atoms with E-state index < -0.39 is 23.0 Å². The molecule has 0 saturated heterocycles. The van der Waals surface area contributed by atoms with Crippen molar-refractivity contribution in [2.24, 2.45) is 5.41 Å². The molecule has 0 aliphatic carbocycles. The largest absolute Gasteiger partial charge is 0.419 e. The third kappa shape index (κ3) is 3.49. The fourth-order valence-electron chi connectivity index (χ4n) is 2.02. The van der Waals surface area contributed by atoms with Gasteiger partial charge in [0.25, 0.3) is 0 Å². The summed E-state index contributed by atoms with van der Waals surface area (Å²) < 4.78 is 50.9. The van der Waals surface area contributed by atoms with Gasteiger partial charge in [0.2, 0.25) is 5.91 Å². The summed E-state index contributed by atoms with van der Waals surface area (Å²) in [5.41, 5.74) is -1.70. The number of carbonyl (C=O) groups is 1. The average Bonchev–Trinajstić information content (AvgIpc) is 2.36. The van der Waals surface area contributed by atoms with E-state index in [0.717, 1.165) is 6.07 Å². The molecule has 0 spiro atoms. The molecule has 0 heterocycles. The van der Waals surface area contributed by atoms with E-state index in [0.29, 0.717) is 18.1 Å². The van der Waals surface area contributed by atoms with E-state index in [1.54, 1.807) is 13.8 Å². The molecule has 1 rings (SSSR count). The zero-order valence-corrected chi connectivity index (χ0v) is 11.6. The molecule has 6 heteroatoms. The zero-order valence-electron chi connectivity index (χ0n) is 11.6. The van der Waals surface area contributed by atoms with E-state index in [1.165, 1.54) is 13.1 Å². The molecule has 1 aromatic carbocycles. The lowest BCUT2D eigenvalue weighted by atomic mass is 9.80. The Bertz CT molecular complexity index is 498. The van der Waals surface area contributed by atoms with Crippen LogP contribution in [0.4, 0.5) is 17.6 Å². The molecule has 20 heavy (non-hydrogen) atoms. The minimum Gasteiger partial charge on any atom is -0.359 e. The second-order valence-electron chi connectivity index (χ2n) is 4.98. The predicted octanol–water partition coefficient (Wildman–Crippen LogP) is 3.55. The van der Waals surface area contributed by atoms with Gasteiger partial charge in [0.1, 0.15) is 5.82 Å². The Morgan fingerprint density at radius 2 is 1.90 bits per heavy atom. The van der Waals surface area contributed by atoms with E-state index in [9.17, 15) is 22.4 Å². The van der Waals surface area contributed by atoms with Crippen molar-refractivity contribution in [2.75, 3.05) is 7.05 Å². The summed E-state index contributed by atoms with van der Waals surface area (Å²) in [7, 11) is 1.49. The molecular weight excluding hydrogens is 274 g/mol. The van der Waals surface area contributed by atoms with E-state index >= 15 is 0 Å². The molecular formula is C14H17F4NO. The van der Waals surface area contributed by atoms with Crippen LogP contribution < -0.4 is 5.32 Å². The van der Waals surface area contributed by atoms with Gasteiger partial charge in [-0.2, -0.15) is 13.2 Å². The number of rotatable bonds is 4. The van der Waals surface area contributed by atoms with Gasteiger partial charge in [-0.1, -0.05) is 19.9 Å². The number of halogens is 4. The third-order valence-electron chi connectivity index (χ3n) is 3.49. The summed E-state index contributed by atoms with van der Waals surface area (Å²) in [6.45, 7) is 3.50. The molecule has 0 aromatic heterocycles. The van der Waals surface area contributed by atoms with Gasteiger partial charge >= 0.3 is 6.18 Å². The van der Waals surface area contributed by atoms with Gasteiger partial charge in [0, 0.05) is 7.05 Å². The van der Waals surface area contributed by atoms with Gasteiger partial charge in [0.05, 0.1) is 11.0 Å². The Hall–Kier alpha value is -1.59. The topological polar surface area (TPSA) is 29.1 Å². The second kappa shape index (κ2) is 5.81. The minimum absolute atomic E-state index is 0.179. The number of alkyl halides is 3. The van der Waals surface area contributed by atoms with Crippen LogP contribution in [0.1, 0.15) is 31.4 Å². The van der Waals surface area contributed by atoms with Crippen molar-refractivity contribution >= 4 is 5.91 Å². The van der Waals surface area contributed by atoms with Crippen molar-refractivity contribution in [3.63, 3.8) is 0 Å². The van der Waals surface area contributed by atoms with Crippen LogP contribution in [0.15, 0.2) is 18.2 Å². The van der Waals surface area contributed by atoms with Crippen LogP contribution in [-0.2, 0) is 17.4 Å². The molecule has 2 nitrogen and oxygen atoms in total. The molecule has 112 valence electrons. The molecule has 0 bridgehead atoms. The van der Waals surface area contributed by atoms with E-state index in [1.807, 2.05) is 0 Å². The number of carbonyl (C=O) groups excluding carboxylic acids is 1. The SMILES string of the molecule is CCC(C)(Cc1ccc(C(F)(F)F)c(F)c1)C(=O)NC. The van der Waals surface area contributed by atoms with Crippen molar-refractivity contribution in [3.8, 4) is 0 Å². The molecule has 1 amide bonds. The Kier molecular flexibility index (Phi) is 4.78. The molecule has 0 fully saturated rings. The van der Waals surface area contributed by atoms with E-state index in [2.05, 4.69) is 5.32 Å². The van der Waals surface area contributed by atoms with Crippen molar-refractivity contribution in [1.29, 1.82) is 0 Å². The summed E-state index contributed by atoms with van der Waals surface area (Å²) in [4.78, 5) is 11.8. The number of benzene rings is 1. The zero-order chi connectivity index (χ0) is 15.6. The second-order valence-corrected chi connectivity index (χ2v) is 4.98. The normalized spacial score (nSPS) is 14.8. The lowest BCUT2D eigenvalue weighted by molar-refractivity contribution is -0.140. The number of amides is 1. The van der Waals surface area contributed by atoms with Crippen LogP contribution in [-0.4, -0.2) is 13.0 Å². The van der Waals surface area contributed by atoms with Gasteiger partial charge in [-0.25, -0.2) is 4.39 Å². The standard InChI is InChI=1S/C14H17F4NO/c1-4-13(2,12(20)19-3)8-9-5-6-10(11(15)7-9)14(16,17)18/h5-7H,4,8H2,1-3H3,(H,19,20). The van der Waals surface area contributed by atoms with Gasteiger partial charge in [-0.15, -0.1) is 0 Å². The fraction of sp³-hybridized carbons (Fsp3) is 0.500. The minimum atomic E-state index is -4.71. The average molecular weight is 291 g/mol. The van der Waals surface area contributed by atoms with E-state index in [4.69, 9.17) is 0 Å². The number of hydrogen-bond donors (Lipinski definition) is 1. The predicted molar refractivity (Wildman–Crippen MR) is 67.6 cm³/mol. The molecule has 1 aromatic rings. The maximum atomic E-state index is 13.5. The summed E-state index contributed by atoms with van der Waals surface area (Å²) in [6, 6.07) is 2.77. The fourth-order valence-corrected chi connectivity index (χ4v) is 2.02. The highest BCUT2D eigenvalue weighted by Crippen LogP contribution is 2.33. The highest BCUT2D eigenvalue weighted by atomic mass is 19.4. The first-order chi connectivity index (χ1) is 9.14. The van der Waals surface area contributed by atoms with Crippen LogP contribution in [0.25, 0.3) is 0 Å². The monoisotopic (exact) mass is 291 g/mol. The van der Waals surface area contributed by atoms with Gasteiger partial charge < -0.3 is 5.32 Å². The van der Waals surface area contributed by atoms with E-state index in [-0.39, 0.29) is 12.3 Å². The molecule has 1 atom stereocenters. The van der Waals surface area contributed by atoms with Gasteiger partial charge in [0.15, 0.2) is 0 Å². The van der Waals surface area contributed by atoms with Gasteiger partial charge in [-0.3, -0.25) is 4.79 Å². The molecule has 0 saturated carbocycles. The van der Waals surface area contributed by atoms with Crippen molar-refractivity contribution in [1.82, 2.24) is 5.32 Å². The molecule has 0 aliphatic heterocycles. The Morgan fingerprint density at radius 1 is 1.30 bits per heavy atom. The maximum absolute atomic E-state index is 13.5. The molecule has 0 aliphatic rings. The van der Waals surface area contributed by atoms with Crippen LogP contribution in [0, 0.1) is 11.2 Å². The lowest BCUT2D eigenvalue weighted by Gasteiger charge is -2.26. The summed E-state index contributed by atoms with van der Waals surface area (Å²) >= 11 is 0. The van der Waals surface area contributed by atoms with Crippen molar-refractivity contribution < 1.29 is 22.4 Å². The molecule has 0 radical (unpaired) electrons. The van der Waals surface area contributed by atoms with Crippen LogP contribution in [0.2, 0.25) is 0 Å². The number of nitrogens with one attached hydrogen (secondary N) is 1. The summed E-state index contributed by atoms with van der Waals surface area (Å²) in [6.07, 6.45) is -4.04. The first kappa shape index (κ1) is 16.5. The van der Waals surface area contributed by atoms with Gasteiger partial charge in [-0.05, 0) is 30.5 Å². The smallest absolute Gasteiger partial charge is 0.359 e. The highest BCUT2D eigenvalue weighted by Gasteiger charge is 2.35. The quantitative estimate of drug-likeness (QED) is 0.845. The number of hydrogen-bond acceptors (Lipinski definition) is 1. The van der Waals surface area contributed by atoms with Crippen molar-refractivity contribution in [2.45, 2.75) is 32.9 Å². The summed E-state index contributed by atoms with van der Waals surface area (Å²) in [5, 5.41) is 2.51. The lowest BCUT2D eigenvalue weighted by Crippen LogP contribution is -2.38. The van der Waals surface area contributed by atoms with Crippen molar-refractivity contribution in [3.05, 3.63) is 35.1 Å². The molecule has 1 unspecified atom stereocenters. The van der Waals surface area contributed by atoms with Crippen LogP contribution >= 0.6 is 0 Å². The Balaban J connectivity index is 3.06. The first-order valence-corrected chi connectivity index (χ1v) is 6.22. The maximum Gasteiger partial charge on any atom is 0.419 e. The first-order valence-electron chi connectivity index (χ1n) is 6.22. The highest BCUT2D eigenvalue weighted by molar-refractivity contribution is 5.82. The third-order valence-corrected chi connectivity index (χ3v) is 3.49. The Morgan fingerprint density at radius 3 is 2.30 bits per heavy atom. The Labute approximate surface area is 115 Å². The van der Waals surface area contributed by atoms with Crippen LogP contribution in [0.3, 0.4) is 0 Å².